The van der Waals surface area contributed by atoms with Crippen molar-refractivity contribution in [2.75, 3.05) is 19.7 Å². The fraction of sp³-hybridized carbons (Fsp3) is 0.833. The first-order chi connectivity index (χ1) is 8.15. The number of hydrogen-bond acceptors (Lipinski definition) is 5. The van der Waals surface area contributed by atoms with Crippen LogP contribution in [0.2, 0.25) is 0 Å². The average Bonchev–Trinajstić information content (AvgIpc) is 2.77. The third-order valence-electron chi connectivity index (χ3n) is 3.34. The Morgan fingerprint density at radius 1 is 1.41 bits per heavy atom. The second-order valence-corrected chi connectivity index (χ2v) is 4.82. The molecule has 5 heteroatoms. The van der Waals surface area contributed by atoms with Crippen molar-refractivity contribution in [1.29, 1.82) is 0 Å². The molecule has 0 bridgehead atoms. The summed E-state index contributed by atoms with van der Waals surface area (Å²) in [5.41, 5.74) is -0.0322. The highest BCUT2D eigenvalue weighted by Gasteiger charge is 2.30. The monoisotopic (exact) mass is 239 g/mol. The van der Waals surface area contributed by atoms with Crippen molar-refractivity contribution in [3.05, 3.63) is 11.7 Å². The van der Waals surface area contributed by atoms with Gasteiger partial charge in [0.05, 0.1) is 18.8 Å². The maximum Gasteiger partial charge on any atom is 0.226 e. The van der Waals surface area contributed by atoms with E-state index in [1.807, 2.05) is 6.92 Å². The SMILES string of the molecule is CCc1nc(CN2CCO[C@@](C)(CC)C2)no1. The number of nitrogens with zero attached hydrogens (tertiary/aromatic N) is 3. The van der Waals surface area contributed by atoms with Crippen LogP contribution in [0.1, 0.15) is 38.9 Å². The third-order valence-corrected chi connectivity index (χ3v) is 3.34. The number of morpholine rings is 1. The van der Waals surface area contributed by atoms with Crippen LogP contribution in [0, 0.1) is 0 Å². The molecule has 1 aliphatic rings. The molecule has 0 aromatic carbocycles. The van der Waals surface area contributed by atoms with E-state index in [9.17, 15) is 0 Å². The van der Waals surface area contributed by atoms with Gasteiger partial charge in [0.15, 0.2) is 5.82 Å². The fourth-order valence-electron chi connectivity index (χ4n) is 2.07. The predicted molar refractivity (Wildman–Crippen MR) is 63.6 cm³/mol. The lowest BCUT2D eigenvalue weighted by molar-refractivity contribution is -0.102. The summed E-state index contributed by atoms with van der Waals surface area (Å²) in [5.74, 6) is 1.49. The summed E-state index contributed by atoms with van der Waals surface area (Å²) >= 11 is 0. The molecule has 0 radical (unpaired) electrons. The van der Waals surface area contributed by atoms with E-state index in [0.29, 0.717) is 5.89 Å². The summed E-state index contributed by atoms with van der Waals surface area (Å²) in [4.78, 5) is 6.67. The van der Waals surface area contributed by atoms with Crippen LogP contribution < -0.4 is 0 Å². The lowest BCUT2D eigenvalue weighted by atomic mass is 10.0. The van der Waals surface area contributed by atoms with Gasteiger partial charge in [-0.2, -0.15) is 4.98 Å². The minimum Gasteiger partial charge on any atom is -0.373 e. The lowest BCUT2D eigenvalue weighted by Crippen LogP contribution is -2.49. The largest absolute Gasteiger partial charge is 0.373 e. The molecular weight excluding hydrogens is 218 g/mol. The van der Waals surface area contributed by atoms with Gasteiger partial charge in [-0.15, -0.1) is 0 Å². The Bertz CT molecular complexity index is 366. The van der Waals surface area contributed by atoms with E-state index >= 15 is 0 Å². The summed E-state index contributed by atoms with van der Waals surface area (Å²) in [5, 5.41) is 3.99. The van der Waals surface area contributed by atoms with Crippen LogP contribution in [0.3, 0.4) is 0 Å². The molecule has 1 saturated heterocycles. The van der Waals surface area contributed by atoms with Crippen LogP contribution in [0.5, 0.6) is 0 Å². The van der Waals surface area contributed by atoms with Gasteiger partial charge < -0.3 is 9.26 Å². The Hall–Kier alpha value is -0.940. The zero-order chi connectivity index (χ0) is 12.3. The van der Waals surface area contributed by atoms with Crippen molar-refractivity contribution in [2.24, 2.45) is 0 Å². The number of aromatic nitrogens is 2. The lowest BCUT2D eigenvalue weighted by Gasteiger charge is -2.39. The highest BCUT2D eigenvalue weighted by molar-refractivity contribution is 4.89. The van der Waals surface area contributed by atoms with E-state index in [0.717, 1.165) is 44.9 Å². The molecule has 0 saturated carbocycles. The number of aryl methyl sites for hydroxylation is 1. The highest BCUT2D eigenvalue weighted by atomic mass is 16.5. The van der Waals surface area contributed by atoms with Crippen molar-refractivity contribution in [2.45, 2.75) is 45.8 Å². The zero-order valence-electron chi connectivity index (χ0n) is 10.9. The Labute approximate surface area is 102 Å². The standard InChI is InChI=1S/C12H21N3O2/c1-4-11-13-10(14-17-11)8-15-6-7-16-12(3,5-2)9-15/h4-9H2,1-3H3/t12-/m0/s1. The summed E-state index contributed by atoms with van der Waals surface area (Å²) < 4.78 is 10.9. The average molecular weight is 239 g/mol. The predicted octanol–water partition coefficient (Wildman–Crippen LogP) is 1.63. The van der Waals surface area contributed by atoms with Crippen LogP contribution >= 0.6 is 0 Å². The van der Waals surface area contributed by atoms with Crippen LogP contribution in [-0.2, 0) is 17.7 Å². The molecule has 1 atom stereocenters. The first kappa shape index (κ1) is 12.5. The Morgan fingerprint density at radius 2 is 2.24 bits per heavy atom. The second kappa shape index (κ2) is 5.14. The molecule has 1 aromatic rings. The summed E-state index contributed by atoms with van der Waals surface area (Å²) in [6.45, 7) is 9.73. The molecule has 5 nitrogen and oxygen atoms in total. The van der Waals surface area contributed by atoms with Crippen molar-refractivity contribution >= 4 is 0 Å². The molecule has 2 heterocycles. The van der Waals surface area contributed by atoms with Gasteiger partial charge in [-0.3, -0.25) is 4.90 Å². The normalized spacial score (nSPS) is 26.3. The molecule has 0 aliphatic carbocycles. The molecule has 1 fully saturated rings. The van der Waals surface area contributed by atoms with Gasteiger partial charge in [0.1, 0.15) is 0 Å². The molecular formula is C12H21N3O2. The summed E-state index contributed by atoms with van der Waals surface area (Å²) in [6.07, 6.45) is 1.82. The quantitative estimate of drug-likeness (QED) is 0.799. The molecule has 0 N–H and O–H groups in total. The molecule has 0 spiro atoms. The topological polar surface area (TPSA) is 51.4 Å². The van der Waals surface area contributed by atoms with E-state index in [1.54, 1.807) is 0 Å². The summed E-state index contributed by atoms with van der Waals surface area (Å²) in [6, 6.07) is 0. The van der Waals surface area contributed by atoms with Crippen LogP contribution in [-0.4, -0.2) is 40.3 Å². The molecule has 0 unspecified atom stereocenters. The van der Waals surface area contributed by atoms with E-state index in [1.165, 1.54) is 0 Å². The van der Waals surface area contributed by atoms with Gasteiger partial charge in [0.25, 0.3) is 0 Å². The van der Waals surface area contributed by atoms with Crippen molar-refractivity contribution < 1.29 is 9.26 Å². The Morgan fingerprint density at radius 3 is 2.88 bits per heavy atom. The first-order valence-electron chi connectivity index (χ1n) is 6.33. The Kier molecular flexibility index (Phi) is 3.79. The van der Waals surface area contributed by atoms with E-state index in [4.69, 9.17) is 9.26 Å². The van der Waals surface area contributed by atoms with Crippen LogP contribution in [0.4, 0.5) is 0 Å². The van der Waals surface area contributed by atoms with E-state index in [2.05, 4.69) is 28.9 Å². The van der Waals surface area contributed by atoms with Gasteiger partial charge in [0.2, 0.25) is 5.89 Å². The van der Waals surface area contributed by atoms with E-state index < -0.39 is 0 Å². The van der Waals surface area contributed by atoms with Crippen molar-refractivity contribution in [3.63, 3.8) is 0 Å². The molecule has 96 valence electrons. The van der Waals surface area contributed by atoms with Gasteiger partial charge in [-0.25, -0.2) is 0 Å². The molecule has 1 aromatic heterocycles. The minimum absolute atomic E-state index is 0.0322. The van der Waals surface area contributed by atoms with Gasteiger partial charge >= 0.3 is 0 Å². The first-order valence-corrected chi connectivity index (χ1v) is 6.33. The Balaban J connectivity index is 1.94. The molecule has 2 rings (SSSR count). The van der Waals surface area contributed by atoms with Gasteiger partial charge in [-0.1, -0.05) is 19.0 Å². The van der Waals surface area contributed by atoms with Gasteiger partial charge in [0, 0.05) is 19.5 Å². The molecule has 0 amide bonds. The number of ether oxygens (including phenoxy) is 1. The third kappa shape index (κ3) is 3.04. The minimum atomic E-state index is -0.0322. The van der Waals surface area contributed by atoms with Crippen molar-refractivity contribution in [3.8, 4) is 0 Å². The number of hydrogen-bond donors (Lipinski definition) is 0. The smallest absolute Gasteiger partial charge is 0.226 e. The number of rotatable bonds is 4. The zero-order valence-corrected chi connectivity index (χ0v) is 10.9. The maximum absolute atomic E-state index is 5.80. The molecule has 17 heavy (non-hydrogen) atoms. The summed E-state index contributed by atoms with van der Waals surface area (Å²) in [7, 11) is 0. The van der Waals surface area contributed by atoms with Crippen LogP contribution in [0.15, 0.2) is 4.52 Å². The fourth-order valence-corrected chi connectivity index (χ4v) is 2.07. The maximum atomic E-state index is 5.80. The van der Waals surface area contributed by atoms with Crippen LogP contribution in [0.25, 0.3) is 0 Å². The van der Waals surface area contributed by atoms with Gasteiger partial charge in [-0.05, 0) is 13.3 Å². The highest BCUT2D eigenvalue weighted by Crippen LogP contribution is 2.21. The molecule has 1 aliphatic heterocycles. The van der Waals surface area contributed by atoms with Crippen molar-refractivity contribution in [1.82, 2.24) is 15.0 Å². The van der Waals surface area contributed by atoms with E-state index in [-0.39, 0.29) is 5.60 Å². The second-order valence-electron chi connectivity index (χ2n) is 4.82.